The third-order valence-electron chi connectivity index (χ3n) is 6.88. The Morgan fingerprint density at radius 2 is 1.79 bits per heavy atom. The quantitative estimate of drug-likeness (QED) is 0.642. The average molecular weight is 493 g/mol. The van der Waals surface area contributed by atoms with Crippen LogP contribution < -0.4 is 16.6 Å². The van der Waals surface area contributed by atoms with E-state index in [1.807, 2.05) is 25.6 Å². The number of aliphatic hydroxyl groups excluding tert-OH is 1. The van der Waals surface area contributed by atoms with E-state index < -0.39 is 17.5 Å². The first-order chi connectivity index (χ1) is 16.3. The Morgan fingerprint density at radius 1 is 1.15 bits per heavy atom. The summed E-state index contributed by atoms with van der Waals surface area (Å²) >= 11 is 1.84. The highest BCUT2D eigenvalue weighted by Gasteiger charge is 2.30. The molecule has 1 saturated carbocycles. The van der Waals surface area contributed by atoms with Gasteiger partial charge in [0.25, 0.3) is 5.56 Å². The van der Waals surface area contributed by atoms with Gasteiger partial charge in [0.1, 0.15) is 17.6 Å². The van der Waals surface area contributed by atoms with E-state index in [1.54, 1.807) is 4.57 Å². The Labute approximate surface area is 202 Å². The number of rotatable bonds is 6. The molecule has 1 atom stereocenters. The maximum absolute atomic E-state index is 14.0. The summed E-state index contributed by atoms with van der Waals surface area (Å²) in [6, 6.07) is 0.666. The zero-order valence-electron chi connectivity index (χ0n) is 19.7. The Bertz CT molecular complexity index is 1150. The second kappa shape index (κ2) is 10.6. The van der Waals surface area contributed by atoms with E-state index in [4.69, 9.17) is 0 Å². The monoisotopic (exact) mass is 492 g/mol. The van der Waals surface area contributed by atoms with Crippen molar-refractivity contribution >= 4 is 28.7 Å². The molecule has 34 heavy (non-hydrogen) atoms. The summed E-state index contributed by atoms with van der Waals surface area (Å²) in [6.07, 6.45) is 4.28. The van der Waals surface area contributed by atoms with E-state index in [9.17, 15) is 23.9 Å². The number of fused-ring (bicyclic) bond motifs is 1. The molecule has 0 radical (unpaired) electrons. The van der Waals surface area contributed by atoms with Crippen molar-refractivity contribution in [3.05, 3.63) is 38.9 Å². The maximum atomic E-state index is 14.0. The van der Waals surface area contributed by atoms with Gasteiger partial charge in [0.15, 0.2) is 0 Å². The molecule has 1 amide bonds. The first kappa shape index (κ1) is 24.9. The van der Waals surface area contributed by atoms with E-state index >= 15 is 0 Å². The van der Waals surface area contributed by atoms with Gasteiger partial charge >= 0.3 is 5.69 Å². The van der Waals surface area contributed by atoms with Gasteiger partial charge in [-0.05, 0) is 68.4 Å². The van der Waals surface area contributed by atoms with Crippen LogP contribution in [-0.4, -0.2) is 48.8 Å². The number of pyridine rings is 1. The van der Waals surface area contributed by atoms with E-state index in [0.717, 1.165) is 30.5 Å². The number of hydrogen-bond acceptors (Lipinski definition) is 6. The van der Waals surface area contributed by atoms with Crippen molar-refractivity contribution in [2.75, 3.05) is 11.5 Å². The molecule has 2 fully saturated rings. The predicted octanol–water partition coefficient (Wildman–Crippen LogP) is 2.77. The normalized spacial score (nSPS) is 22.7. The van der Waals surface area contributed by atoms with E-state index in [1.165, 1.54) is 10.6 Å². The van der Waals surface area contributed by atoms with Crippen molar-refractivity contribution in [3.8, 4) is 0 Å². The van der Waals surface area contributed by atoms with Crippen LogP contribution in [0.4, 0.5) is 4.39 Å². The number of nitrogens with zero attached hydrogens (tertiary/aromatic N) is 3. The first-order valence-corrected chi connectivity index (χ1v) is 13.3. The summed E-state index contributed by atoms with van der Waals surface area (Å²) in [5.41, 5.74) is -0.633. The van der Waals surface area contributed by atoms with Gasteiger partial charge in [0, 0.05) is 18.1 Å². The molecule has 10 heteroatoms. The SMILES string of the molecule is CC(C)C[C@H](O)C(=O)N[C@H]1CC[C@@H](n2c(=O)c3cc(F)cnc3n(C3CCSCC3)c2=O)CC1. The summed E-state index contributed by atoms with van der Waals surface area (Å²) in [7, 11) is 0. The Kier molecular flexibility index (Phi) is 7.77. The number of carbonyl (C=O) groups is 1. The lowest BCUT2D eigenvalue weighted by Crippen LogP contribution is -2.47. The number of hydrogen-bond donors (Lipinski definition) is 2. The van der Waals surface area contributed by atoms with Crippen LogP contribution in [0, 0.1) is 11.7 Å². The first-order valence-electron chi connectivity index (χ1n) is 12.1. The minimum Gasteiger partial charge on any atom is -0.383 e. The number of nitrogens with one attached hydrogen (secondary N) is 1. The van der Waals surface area contributed by atoms with Gasteiger partial charge in [-0.1, -0.05) is 13.8 Å². The number of aromatic nitrogens is 3. The topological polar surface area (TPSA) is 106 Å². The molecule has 0 aromatic carbocycles. The lowest BCUT2D eigenvalue weighted by atomic mass is 9.90. The summed E-state index contributed by atoms with van der Waals surface area (Å²) < 4.78 is 16.9. The molecule has 2 aromatic rings. The Morgan fingerprint density at radius 3 is 2.44 bits per heavy atom. The molecule has 2 aliphatic rings. The Balaban J connectivity index is 1.59. The van der Waals surface area contributed by atoms with Crippen LogP contribution in [0.5, 0.6) is 0 Å². The highest BCUT2D eigenvalue weighted by atomic mass is 32.2. The molecule has 2 aromatic heterocycles. The molecule has 4 rings (SSSR count). The zero-order chi connectivity index (χ0) is 24.4. The van der Waals surface area contributed by atoms with Crippen LogP contribution in [0.2, 0.25) is 0 Å². The minimum absolute atomic E-state index is 0.0702. The molecule has 2 N–H and O–H groups in total. The van der Waals surface area contributed by atoms with Gasteiger partial charge in [0.2, 0.25) is 5.91 Å². The molecule has 8 nitrogen and oxygen atoms in total. The van der Waals surface area contributed by atoms with Gasteiger partial charge in [-0.3, -0.25) is 18.7 Å². The molecule has 186 valence electrons. The average Bonchev–Trinajstić information content (AvgIpc) is 2.81. The zero-order valence-corrected chi connectivity index (χ0v) is 20.5. The largest absolute Gasteiger partial charge is 0.383 e. The van der Waals surface area contributed by atoms with Crippen molar-refractivity contribution in [1.29, 1.82) is 0 Å². The van der Waals surface area contributed by atoms with Gasteiger partial charge < -0.3 is 10.4 Å². The number of amides is 1. The smallest absolute Gasteiger partial charge is 0.333 e. The van der Waals surface area contributed by atoms with Crippen molar-refractivity contribution in [1.82, 2.24) is 19.4 Å². The standard InChI is InChI=1S/C24H33FN4O4S/c1-14(2)11-20(30)22(31)27-16-3-5-17(6-4-16)29-23(32)19-12-15(25)13-26-21(19)28(24(29)33)18-7-9-34-10-8-18/h12-14,16-18,20,30H,3-11H2,1-2H3,(H,27,31)/t16-,17+,20-/m0/s1. The highest BCUT2D eigenvalue weighted by Crippen LogP contribution is 2.30. The van der Waals surface area contributed by atoms with Gasteiger partial charge in [-0.2, -0.15) is 11.8 Å². The third kappa shape index (κ3) is 5.22. The molecule has 0 spiro atoms. The summed E-state index contributed by atoms with van der Waals surface area (Å²) in [5.74, 6) is 1.07. The lowest BCUT2D eigenvalue weighted by molar-refractivity contribution is -0.131. The second-order valence-electron chi connectivity index (χ2n) is 9.86. The fourth-order valence-corrected chi connectivity index (χ4v) is 6.21. The Hall–Kier alpha value is -2.20. The molecule has 1 saturated heterocycles. The highest BCUT2D eigenvalue weighted by molar-refractivity contribution is 7.99. The molecule has 1 aliphatic carbocycles. The van der Waals surface area contributed by atoms with E-state index in [-0.39, 0.29) is 46.7 Å². The van der Waals surface area contributed by atoms with Crippen molar-refractivity contribution < 1.29 is 14.3 Å². The van der Waals surface area contributed by atoms with Crippen LogP contribution in [0.25, 0.3) is 11.0 Å². The molecular formula is C24H33FN4O4S. The second-order valence-corrected chi connectivity index (χ2v) is 11.1. The number of thioether (sulfide) groups is 1. The number of carbonyl (C=O) groups excluding carboxylic acids is 1. The summed E-state index contributed by atoms with van der Waals surface area (Å²) in [5, 5.41) is 13.1. The van der Waals surface area contributed by atoms with Crippen LogP contribution in [0.3, 0.4) is 0 Å². The summed E-state index contributed by atoms with van der Waals surface area (Å²) in [4.78, 5) is 43.4. The number of aliphatic hydroxyl groups is 1. The fraction of sp³-hybridized carbons (Fsp3) is 0.667. The molecule has 0 bridgehead atoms. The lowest BCUT2D eigenvalue weighted by Gasteiger charge is -2.32. The fourth-order valence-electron chi connectivity index (χ4n) is 5.13. The van der Waals surface area contributed by atoms with Crippen LogP contribution in [0.1, 0.15) is 70.9 Å². The van der Waals surface area contributed by atoms with Crippen LogP contribution in [-0.2, 0) is 4.79 Å². The van der Waals surface area contributed by atoms with Crippen molar-refractivity contribution in [2.24, 2.45) is 5.92 Å². The molecular weight excluding hydrogens is 459 g/mol. The van der Waals surface area contributed by atoms with E-state index in [2.05, 4.69) is 10.3 Å². The van der Waals surface area contributed by atoms with E-state index in [0.29, 0.717) is 32.1 Å². The third-order valence-corrected chi connectivity index (χ3v) is 7.93. The van der Waals surface area contributed by atoms with Crippen molar-refractivity contribution in [2.45, 2.75) is 83.0 Å². The van der Waals surface area contributed by atoms with Crippen LogP contribution in [0.15, 0.2) is 21.9 Å². The molecule has 0 unspecified atom stereocenters. The van der Waals surface area contributed by atoms with Gasteiger partial charge in [0.05, 0.1) is 11.6 Å². The van der Waals surface area contributed by atoms with Crippen LogP contribution >= 0.6 is 11.8 Å². The predicted molar refractivity (Wildman–Crippen MR) is 131 cm³/mol. The molecule has 3 heterocycles. The summed E-state index contributed by atoms with van der Waals surface area (Å²) in [6.45, 7) is 3.90. The maximum Gasteiger partial charge on any atom is 0.333 e. The molecule has 1 aliphatic heterocycles. The van der Waals surface area contributed by atoms with Gasteiger partial charge in [-0.25, -0.2) is 14.2 Å². The van der Waals surface area contributed by atoms with Gasteiger partial charge in [-0.15, -0.1) is 0 Å². The number of halogens is 1. The minimum atomic E-state index is -1.04. The van der Waals surface area contributed by atoms with Crippen molar-refractivity contribution in [3.63, 3.8) is 0 Å².